The maximum Gasteiger partial charge on any atom is 0.162 e. The predicted octanol–water partition coefficient (Wildman–Crippen LogP) is 3.52. The van der Waals surface area contributed by atoms with Crippen LogP contribution in [0.15, 0.2) is 56.7 Å². The second-order valence-electron chi connectivity index (χ2n) is 3.81. The van der Waals surface area contributed by atoms with Crippen molar-refractivity contribution >= 4 is 27.1 Å². The highest BCUT2D eigenvalue weighted by atomic mass is 79.9. The van der Waals surface area contributed by atoms with Crippen LogP contribution in [0.2, 0.25) is 0 Å². The van der Waals surface area contributed by atoms with E-state index in [0.29, 0.717) is 0 Å². The van der Waals surface area contributed by atoms with Crippen molar-refractivity contribution in [2.24, 2.45) is 0 Å². The highest BCUT2D eigenvalue weighted by Gasteiger charge is 2.27. The molecule has 1 atom stereocenters. The highest BCUT2D eigenvalue weighted by molar-refractivity contribution is 9.10. The third-order valence-electron chi connectivity index (χ3n) is 2.78. The second-order valence-corrected chi connectivity index (χ2v) is 6.14. The standard InChI is InChI=1S/C13H9BrOS/c14-11-5-6-13-10(8-11)7-9-3-1-2-4-12(9)16(13)15/h1-6,8H,7H2. The van der Waals surface area contributed by atoms with Crippen molar-refractivity contribution in [3.63, 3.8) is 0 Å². The fraction of sp³-hybridized carbons (Fsp3) is 0.0769. The summed E-state index contributed by atoms with van der Waals surface area (Å²) < 4.78 is 13.4. The normalized spacial score (nSPS) is 17.8. The maximum absolute atomic E-state index is 12.3. The molecule has 0 N–H and O–H groups in total. The molecule has 80 valence electrons. The van der Waals surface area contributed by atoms with Crippen LogP contribution in [-0.4, -0.2) is 4.55 Å². The summed E-state index contributed by atoms with van der Waals surface area (Å²) in [7, 11) is 0. The lowest BCUT2D eigenvalue weighted by molar-refractivity contribution is 0.590. The smallest absolute Gasteiger partial charge is 0.162 e. The molecular weight excluding hydrogens is 284 g/mol. The fourth-order valence-corrected chi connectivity index (χ4v) is 3.81. The van der Waals surface area contributed by atoms with E-state index in [-0.39, 0.29) is 0 Å². The van der Waals surface area contributed by atoms with Crippen molar-refractivity contribution in [1.29, 1.82) is 0 Å². The molecule has 16 heavy (non-hydrogen) atoms. The van der Waals surface area contributed by atoms with Gasteiger partial charge in [0.25, 0.3) is 0 Å². The van der Waals surface area contributed by atoms with Crippen molar-refractivity contribution in [3.05, 3.63) is 58.1 Å². The topological polar surface area (TPSA) is 23.1 Å². The minimum Gasteiger partial charge on any atom is -0.606 e. The third kappa shape index (κ3) is 1.59. The molecule has 2 aromatic carbocycles. The van der Waals surface area contributed by atoms with E-state index >= 15 is 0 Å². The van der Waals surface area contributed by atoms with Crippen LogP contribution in [0.5, 0.6) is 0 Å². The highest BCUT2D eigenvalue weighted by Crippen LogP contribution is 2.35. The van der Waals surface area contributed by atoms with Gasteiger partial charge in [-0.15, -0.1) is 0 Å². The van der Waals surface area contributed by atoms with Crippen LogP contribution >= 0.6 is 15.9 Å². The van der Waals surface area contributed by atoms with Crippen molar-refractivity contribution in [2.75, 3.05) is 0 Å². The van der Waals surface area contributed by atoms with Gasteiger partial charge in [-0.25, -0.2) is 0 Å². The number of fused-ring (bicyclic) bond motifs is 2. The van der Waals surface area contributed by atoms with Gasteiger partial charge in [-0.3, -0.25) is 0 Å². The summed E-state index contributed by atoms with van der Waals surface area (Å²) in [6.07, 6.45) is 0.872. The molecule has 0 fully saturated rings. The number of halogens is 1. The Hall–Kier alpha value is -0.770. The van der Waals surface area contributed by atoms with E-state index < -0.39 is 11.2 Å². The summed E-state index contributed by atoms with van der Waals surface area (Å²) in [6, 6.07) is 13.9. The number of rotatable bonds is 0. The van der Waals surface area contributed by atoms with Gasteiger partial charge in [0.1, 0.15) is 0 Å². The lowest BCUT2D eigenvalue weighted by Gasteiger charge is -2.21. The van der Waals surface area contributed by atoms with Gasteiger partial charge in [0.05, 0.1) is 0 Å². The molecule has 3 heteroatoms. The molecule has 0 amide bonds. The lowest BCUT2D eigenvalue weighted by atomic mass is 10.0. The number of hydrogen-bond donors (Lipinski definition) is 0. The first kappa shape index (κ1) is 10.4. The van der Waals surface area contributed by atoms with Crippen LogP contribution in [0, 0.1) is 0 Å². The predicted molar refractivity (Wildman–Crippen MR) is 68.1 cm³/mol. The molecular formula is C13H9BrOS. The summed E-state index contributed by atoms with van der Waals surface area (Å²) in [5, 5.41) is 0. The molecule has 1 heterocycles. The Morgan fingerprint density at radius 3 is 2.62 bits per heavy atom. The van der Waals surface area contributed by atoms with Crippen LogP contribution in [0.1, 0.15) is 11.1 Å². The van der Waals surface area contributed by atoms with Crippen molar-refractivity contribution in [2.45, 2.75) is 16.2 Å². The van der Waals surface area contributed by atoms with Crippen LogP contribution in [0.4, 0.5) is 0 Å². The van der Waals surface area contributed by atoms with E-state index in [4.69, 9.17) is 0 Å². The van der Waals surface area contributed by atoms with E-state index in [1.165, 1.54) is 5.56 Å². The molecule has 0 saturated heterocycles. The Bertz CT molecular complexity index is 553. The molecule has 0 bridgehead atoms. The van der Waals surface area contributed by atoms with E-state index in [1.807, 2.05) is 30.3 Å². The van der Waals surface area contributed by atoms with E-state index in [9.17, 15) is 4.55 Å². The summed E-state index contributed by atoms with van der Waals surface area (Å²) in [4.78, 5) is 1.90. The van der Waals surface area contributed by atoms with Crippen molar-refractivity contribution in [1.82, 2.24) is 0 Å². The van der Waals surface area contributed by atoms with Gasteiger partial charge in [-0.2, -0.15) is 0 Å². The summed E-state index contributed by atoms with van der Waals surface area (Å²) >= 11 is 2.43. The van der Waals surface area contributed by atoms with Gasteiger partial charge in [0, 0.05) is 33.2 Å². The van der Waals surface area contributed by atoms with E-state index in [1.54, 1.807) is 0 Å². The molecule has 1 unspecified atom stereocenters. The zero-order valence-electron chi connectivity index (χ0n) is 8.44. The maximum atomic E-state index is 12.3. The zero-order chi connectivity index (χ0) is 11.1. The molecule has 0 aromatic heterocycles. The first-order chi connectivity index (χ1) is 7.75. The molecule has 1 aliphatic heterocycles. The fourth-order valence-electron chi connectivity index (χ4n) is 2.02. The van der Waals surface area contributed by atoms with Gasteiger partial charge in [-0.1, -0.05) is 34.1 Å². The first-order valence-electron chi connectivity index (χ1n) is 5.04. The van der Waals surface area contributed by atoms with Crippen LogP contribution in [-0.2, 0) is 17.6 Å². The first-order valence-corrected chi connectivity index (χ1v) is 6.98. The molecule has 0 aliphatic carbocycles. The van der Waals surface area contributed by atoms with Crippen LogP contribution in [0.25, 0.3) is 0 Å². The molecule has 3 rings (SSSR count). The van der Waals surface area contributed by atoms with Gasteiger partial charge < -0.3 is 4.55 Å². The number of benzene rings is 2. The molecule has 0 saturated carbocycles. The Morgan fingerprint density at radius 2 is 1.75 bits per heavy atom. The summed E-state index contributed by atoms with van der Waals surface area (Å²) in [6.45, 7) is 0. The minimum atomic E-state index is -1.02. The number of hydrogen-bond acceptors (Lipinski definition) is 1. The molecule has 0 radical (unpaired) electrons. The summed E-state index contributed by atoms with van der Waals surface area (Å²) in [5.74, 6) is 0. The minimum absolute atomic E-state index is 0.872. The Kier molecular flexibility index (Phi) is 2.54. The van der Waals surface area contributed by atoms with Gasteiger partial charge in [0.15, 0.2) is 9.79 Å². The molecule has 1 nitrogen and oxygen atoms in total. The van der Waals surface area contributed by atoms with Crippen LogP contribution in [0.3, 0.4) is 0 Å². The lowest BCUT2D eigenvalue weighted by Crippen LogP contribution is -2.14. The Balaban J connectivity index is 2.18. The summed E-state index contributed by atoms with van der Waals surface area (Å²) in [5.41, 5.74) is 2.33. The van der Waals surface area contributed by atoms with Gasteiger partial charge in [0.2, 0.25) is 0 Å². The van der Waals surface area contributed by atoms with Gasteiger partial charge in [-0.05, 0) is 24.3 Å². The third-order valence-corrected chi connectivity index (χ3v) is 4.86. The molecule has 0 spiro atoms. The van der Waals surface area contributed by atoms with Gasteiger partial charge >= 0.3 is 0 Å². The van der Waals surface area contributed by atoms with Crippen molar-refractivity contribution < 1.29 is 4.55 Å². The van der Waals surface area contributed by atoms with Crippen LogP contribution < -0.4 is 0 Å². The average molecular weight is 293 g/mol. The van der Waals surface area contributed by atoms with Crippen molar-refractivity contribution in [3.8, 4) is 0 Å². The van der Waals surface area contributed by atoms with E-state index in [0.717, 1.165) is 26.2 Å². The second kappa shape index (κ2) is 3.91. The monoisotopic (exact) mass is 292 g/mol. The molecule has 1 aliphatic rings. The Morgan fingerprint density at radius 1 is 1.00 bits per heavy atom. The average Bonchev–Trinajstić information content (AvgIpc) is 2.29. The Labute approximate surface area is 106 Å². The molecule has 2 aromatic rings. The zero-order valence-corrected chi connectivity index (χ0v) is 10.8. The van der Waals surface area contributed by atoms with E-state index in [2.05, 4.69) is 28.1 Å². The SMILES string of the molecule is [O-][S+]1c2ccccc2Cc2cc(Br)ccc21. The quantitative estimate of drug-likeness (QED) is 0.682. The largest absolute Gasteiger partial charge is 0.606 e.